The van der Waals surface area contributed by atoms with Crippen molar-refractivity contribution >= 4 is 41.7 Å². The van der Waals surface area contributed by atoms with Crippen LogP contribution in [0.2, 0.25) is 0 Å². The molecule has 0 aromatic rings. The minimum Gasteiger partial charge on any atom is -0.357 e. The molecule has 1 saturated carbocycles. The van der Waals surface area contributed by atoms with E-state index in [-0.39, 0.29) is 24.0 Å². The van der Waals surface area contributed by atoms with Crippen molar-refractivity contribution in [3.63, 3.8) is 0 Å². The molecule has 1 fully saturated rings. The average molecular weight is 399 g/mol. The molecule has 114 valence electrons. The highest BCUT2D eigenvalue weighted by atomic mass is 127. The van der Waals surface area contributed by atoms with Gasteiger partial charge in [-0.15, -0.1) is 24.0 Å². The number of rotatable bonds is 7. The Kier molecular flexibility index (Phi) is 12.3. The van der Waals surface area contributed by atoms with Crippen molar-refractivity contribution in [3.8, 4) is 0 Å². The molecular weight excluding hydrogens is 369 g/mol. The second kappa shape index (κ2) is 12.1. The number of nitrogens with zero attached hydrogens (tertiary/aromatic N) is 1. The standard InChI is InChI=1S/C14H29N3S.HI/c1-4-6-7-10-16-14(15-5-2)17-12-8-9-13(11-12)18-3;/h12-13H,4-11H2,1-3H3,(H2,15,16,17);1H. The summed E-state index contributed by atoms with van der Waals surface area (Å²) in [7, 11) is 0. The van der Waals surface area contributed by atoms with E-state index in [1.165, 1.54) is 38.5 Å². The molecule has 0 spiro atoms. The predicted molar refractivity (Wildman–Crippen MR) is 99.0 cm³/mol. The smallest absolute Gasteiger partial charge is 0.191 e. The SMILES string of the molecule is CCCCCN=C(NCC)NC1CCC(SC)C1.I. The fourth-order valence-corrected chi connectivity index (χ4v) is 3.15. The molecule has 0 aromatic heterocycles. The van der Waals surface area contributed by atoms with Crippen molar-refractivity contribution in [2.75, 3.05) is 19.3 Å². The van der Waals surface area contributed by atoms with Crippen LogP contribution < -0.4 is 10.6 Å². The molecule has 19 heavy (non-hydrogen) atoms. The number of nitrogens with one attached hydrogen (secondary N) is 2. The fraction of sp³-hybridized carbons (Fsp3) is 0.929. The third kappa shape index (κ3) is 8.27. The van der Waals surface area contributed by atoms with Crippen molar-refractivity contribution in [1.29, 1.82) is 0 Å². The number of hydrogen-bond acceptors (Lipinski definition) is 2. The van der Waals surface area contributed by atoms with E-state index in [1.54, 1.807) is 0 Å². The van der Waals surface area contributed by atoms with Gasteiger partial charge in [-0.3, -0.25) is 4.99 Å². The van der Waals surface area contributed by atoms with E-state index in [0.717, 1.165) is 24.3 Å². The summed E-state index contributed by atoms with van der Waals surface area (Å²) in [5.74, 6) is 1.01. The molecule has 0 radical (unpaired) electrons. The zero-order valence-electron chi connectivity index (χ0n) is 12.6. The highest BCUT2D eigenvalue weighted by Gasteiger charge is 2.24. The zero-order chi connectivity index (χ0) is 13.2. The molecule has 5 heteroatoms. The number of thioether (sulfide) groups is 1. The topological polar surface area (TPSA) is 36.4 Å². The molecular formula is C14H30IN3S. The van der Waals surface area contributed by atoms with Crippen LogP contribution >= 0.6 is 35.7 Å². The van der Waals surface area contributed by atoms with Gasteiger partial charge in [-0.2, -0.15) is 11.8 Å². The predicted octanol–water partition coefficient (Wildman–Crippen LogP) is 3.63. The van der Waals surface area contributed by atoms with Gasteiger partial charge >= 0.3 is 0 Å². The second-order valence-electron chi connectivity index (χ2n) is 4.98. The summed E-state index contributed by atoms with van der Waals surface area (Å²) in [6.45, 7) is 6.25. The molecule has 1 aliphatic carbocycles. The van der Waals surface area contributed by atoms with Crippen molar-refractivity contribution < 1.29 is 0 Å². The van der Waals surface area contributed by atoms with Crippen LogP contribution in [0.4, 0.5) is 0 Å². The van der Waals surface area contributed by atoms with E-state index in [2.05, 4.69) is 35.7 Å². The first-order chi connectivity index (χ1) is 8.80. The molecule has 0 aromatic carbocycles. The van der Waals surface area contributed by atoms with E-state index in [1.807, 2.05) is 11.8 Å². The highest BCUT2D eigenvalue weighted by molar-refractivity contribution is 14.0. The number of hydrogen-bond donors (Lipinski definition) is 2. The van der Waals surface area contributed by atoms with Gasteiger partial charge < -0.3 is 10.6 Å². The molecule has 3 nitrogen and oxygen atoms in total. The van der Waals surface area contributed by atoms with Crippen LogP contribution in [0.1, 0.15) is 52.4 Å². The van der Waals surface area contributed by atoms with Gasteiger partial charge in [-0.05, 0) is 38.9 Å². The lowest BCUT2D eigenvalue weighted by atomic mass is 10.2. The molecule has 1 rings (SSSR count). The van der Waals surface area contributed by atoms with Crippen LogP contribution in [-0.2, 0) is 0 Å². The Hall–Kier alpha value is 0.350. The van der Waals surface area contributed by atoms with Crippen molar-refractivity contribution in [3.05, 3.63) is 0 Å². The molecule has 2 N–H and O–H groups in total. The first-order valence-electron chi connectivity index (χ1n) is 7.37. The van der Waals surface area contributed by atoms with Gasteiger partial charge in [-0.25, -0.2) is 0 Å². The first kappa shape index (κ1) is 19.4. The van der Waals surface area contributed by atoms with Gasteiger partial charge in [-0.1, -0.05) is 19.8 Å². The second-order valence-corrected chi connectivity index (χ2v) is 6.12. The van der Waals surface area contributed by atoms with E-state index in [0.29, 0.717) is 6.04 Å². The van der Waals surface area contributed by atoms with Gasteiger partial charge in [0, 0.05) is 24.4 Å². The van der Waals surface area contributed by atoms with E-state index < -0.39 is 0 Å². The average Bonchev–Trinajstić information content (AvgIpc) is 2.82. The van der Waals surface area contributed by atoms with Crippen molar-refractivity contribution in [2.24, 2.45) is 4.99 Å². The summed E-state index contributed by atoms with van der Waals surface area (Å²) in [5, 5.41) is 7.77. The molecule has 0 bridgehead atoms. The Balaban J connectivity index is 0.00000324. The van der Waals surface area contributed by atoms with E-state index >= 15 is 0 Å². The number of guanidine groups is 1. The third-order valence-corrected chi connectivity index (χ3v) is 4.53. The van der Waals surface area contributed by atoms with E-state index in [9.17, 15) is 0 Å². The minimum absolute atomic E-state index is 0. The lowest BCUT2D eigenvalue weighted by Gasteiger charge is -2.17. The lowest BCUT2D eigenvalue weighted by Crippen LogP contribution is -2.42. The van der Waals surface area contributed by atoms with Gasteiger partial charge in [0.25, 0.3) is 0 Å². The molecule has 0 heterocycles. The third-order valence-electron chi connectivity index (χ3n) is 3.43. The largest absolute Gasteiger partial charge is 0.357 e. The summed E-state index contributed by atoms with van der Waals surface area (Å²) >= 11 is 2.00. The van der Waals surface area contributed by atoms with Gasteiger partial charge in [0.2, 0.25) is 0 Å². The normalized spacial score (nSPS) is 23.0. The van der Waals surface area contributed by atoms with Crippen molar-refractivity contribution in [2.45, 2.75) is 63.7 Å². The zero-order valence-corrected chi connectivity index (χ0v) is 15.7. The summed E-state index contributed by atoms with van der Waals surface area (Å²) < 4.78 is 0. The maximum Gasteiger partial charge on any atom is 0.191 e. The monoisotopic (exact) mass is 399 g/mol. The maximum absolute atomic E-state index is 4.65. The fourth-order valence-electron chi connectivity index (χ4n) is 2.35. The maximum atomic E-state index is 4.65. The Morgan fingerprint density at radius 2 is 2.05 bits per heavy atom. The summed E-state index contributed by atoms with van der Waals surface area (Å²) in [6, 6.07) is 0.617. The van der Waals surface area contributed by atoms with Crippen LogP contribution in [0.15, 0.2) is 4.99 Å². The molecule has 0 aliphatic heterocycles. The van der Waals surface area contributed by atoms with Crippen LogP contribution in [0.5, 0.6) is 0 Å². The van der Waals surface area contributed by atoms with Crippen LogP contribution in [0.3, 0.4) is 0 Å². The molecule has 2 atom stereocenters. The quantitative estimate of drug-likeness (QED) is 0.297. The Bertz CT molecular complexity index is 249. The first-order valence-corrected chi connectivity index (χ1v) is 8.66. The number of unbranched alkanes of at least 4 members (excludes halogenated alkanes) is 2. The van der Waals surface area contributed by atoms with Crippen LogP contribution in [0.25, 0.3) is 0 Å². The van der Waals surface area contributed by atoms with Crippen molar-refractivity contribution in [1.82, 2.24) is 10.6 Å². The Morgan fingerprint density at radius 3 is 2.63 bits per heavy atom. The molecule has 0 saturated heterocycles. The Morgan fingerprint density at radius 1 is 1.26 bits per heavy atom. The molecule has 1 aliphatic rings. The van der Waals surface area contributed by atoms with E-state index in [4.69, 9.17) is 0 Å². The number of aliphatic imine (C=N–C) groups is 1. The summed E-state index contributed by atoms with van der Waals surface area (Å²) in [6.07, 6.45) is 9.86. The van der Waals surface area contributed by atoms with Crippen LogP contribution in [0, 0.1) is 0 Å². The summed E-state index contributed by atoms with van der Waals surface area (Å²) in [4.78, 5) is 4.65. The lowest BCUT2D eigenvalue weighted by molar-refractivity contribution is 0.613. The van der Waals surface area contributed by atoms with Gasteiger partial charge in [0.15, 0.2) is 5.96 Å². The minimum atomic E-state index is 0. The van der Waals surface area contributed by atoms with Crippen LogP contribution in [-0.4, -0.2) is 36.6 Å². The molecule has 2 unspecified atom stereocenters. The molecule has 0 amide bonds. The van der Waals surface area contributed by atoms with Gasteiger partial charge in [0.05, 0.1) is 0 Å². The summed E-state index contributed by atoms with van der Waals surface area (Å²) in [5.41, 5.74) is 0. The van der Waals surface area contributed by atoms with Gasteiger partial charge in [0.1, 0.15) is 0 Å². The highest BCUT2D eigenvalue weighted by Crippen LogP contribution is 2.27. The number of halogens is 1. The Labute approximate surface area is 140 Å².